The Balaban J connectivity index is 1.54. The quantitative estimate of drug-likeness (QED) is 0.205. The molecule has 9 nitrogen and oxygen atoms in total. The summed E-state index contributed by atoms with van der Waals surface area (Å²) in [6.07, 6.45) is 5.05. The summed E-state index contributed by atoms with van der Waals surface area (Å²) in [6, 6.07) is 12.9. The van der Waals surface area contributed by atoms with Gasteiger partial charge in [0.2, 0.25) is 5.91 Å². The Morgan fingerprint density at radius 3 is 2.53 bits per heavy atom. The molecule has 2 amide bonds. The molecular formula is C23H27N5O4. The number of hydroxylamine groups is 1. The fourth-order valence-corrected chi connectivity index (χ4v) is 3.23. The number of methoxy groups -OCH3 is 1. The van der Waals surface area contributed by atoms with E-state index >= 15 is 0 Å². The number of rotatable bonds is 11. The smallest absolute Gasteiger partial charge is 0.251 e. The van der Waals surface area contributed by atoms with Gasteiger partial charge >= 0.3 is 0 Å². The van der Waals surface area contributed by atoms with Crippen molar-refractivity contribution in [2.45, 2.75) is 32.1 Å². The van der Waals surface area contributed by atoms with Gasteiger partial charge in [0.15, 0.2) is 0 Å². The maximum absolute atomic E-state index is 12.5. The maximum atomic E-state index is 12.5. The zero-order valence-electron chi connectivity index (χ0n) is 17.9. The summed E-state index contributed by atoms with van der Waals surface area (Å²) < 4.78 is 5.18. The van der Waals surface area contributed by atoms with Crippen LogP contribution in [0.2, 0.25) is 0 Å². The van der Waals surface area contributed by atoms with Gasteiger partial charge in [-0.1, -0.05) is 12.8 Å². The zero-order chi connectivity index (χ0) is 22.8. The number of hydrogen-bond acceptors (Lipinski definition) is 7. The van der Waals surface area contributed by atoms with E-state index in [2.05, 4.69) is 20.6 Å². The molecule has 4 N–H and O–H groups in total. The van der Waals surface area contributed by atoms with E-state index in [-0.39, 0.29) is 11.8 Å². The third-order valence-electron chi connectivity index (χ3n) is 4.99. The first-order valence-electron chi connectivity index (χ1n) is 10.5. The summed E-state index contributed by atoms with van der Waals surface area (Å²) in [5.41, 5.74) is 3.69. The van der Waals surface area contributed by atoms with Crippen LogP contribution < -0.4 is 20.9 Å². The van der Waals surface area contributed by atoms with Crippen molar-refractivity contribution in [3.63, 3.8) is 0 Å². The number of hydrogen-bond donors (Lipinski definition) is 4. The standard InChI is InChI=1S/C23H27N5O4/c1-32-18-10-8-17(9-11-18)27-22-19-12-7-16(14-20(19)25-15-26-22)23(30)24-13-5-3-2-4-6-21(29)28-31/h7-12,14-15,31H,2-6,13H2,1H3,(H,24,30)(H,28,29)(H,25,26,27). The van der Waals surface area contributed by atoms with Gasteiger partial charge in [-0.25, -0.2) is 15.4 Å². The molecule has 168 valence electrons. The molecule has 0 atom stereocenters. The Labute approximate surface area is 186 Å². The molecule has 3 rings (SSSR count). The first-order chi connectivity index (χ1) is 15.6. The second-order valence-corrected chi connectivity index (χ2v) is 7.26. The summed E-state index contributed by atoms with van der Waals surface area (Å²) in [5.74, 6) is 0.894. The number of unbranched alkanes of at least 4 members (excludes halogenated alkanes) is 3. The first kappa shape index (κ1) is 23.0. The number of nitrogens with zero attached hydrogens (tertiary/aromatic N) is 2. The normalized spacial score (nSPS) is 10.6. The third kappa shape index (κ3) is 6.39. The molecule has 0 saturated heterocycles. The fraction of sp³-hybridized carbons (Fsp3) is 0.304. The highest BCUT2D eigenvalue weighted by atomic mass is 16.5. The van der Waals surface area contributed by atoms with Crippen LogP contribution in [0.4, 0.5) is 11.5 Å². The van der Waals surface area contributed by atoms with Crippen LogP contribution in [0.3, 0.4) is 0 Å². The van der Waals surface area contributed by atoms with Crippen molar-refractivity contribution in [1.82, 2.24) is 20.8 Å². The first-order valence-corrected chi connectivity index (χ1v) is 10.5. The van der Waals surface area contributed by atoms with Crippen molar-refractivity contribution in [3.05, 3.63) is 54.4 Å². The number of carbonyl (C=O) groups is 2. The molecule has 0 saturated carbocycles. The van der Waals surface area contributed by atoms with Crippen molar-refractivity contribution >= 4 is 34.2 Å². The largest absolute Gasteiger partial charge is 0.497 e. The Hall–Kier alpha value is -3.72. The fourth-order valence-electron chi connectivity index (χ4n) is 3.23. The van der Waals surface area contributed by atoms with Crippen molar-refractivity contribution in [3.8, 4) is 5.75 Å². The molecule has 0 aliphatic carbocycles. The van der Waals surface area contributed by atoms with Gasteiger partial charge in [-0.15, -0.1) is 0 Å². The predicted molar refractivity (Wildman–Crippen MR) is 121 cm³/mol. The average Bonchev–Trinajstić information content (AvgIpc) is 2.83. The van der Waals surface area contributed by atoms with Crippen LogP contribution in [0.15, 0.2) is 48.8 Å². The van der Waals surface area contributed by atoms with Gasteiger partial charge in [-0.2, -0.15) is 0 Å². The van der Waals surface area contributed by atoms with E-state index in [1.54, 1.807) is 24.7 Å². The Kier molecular flexibility index (Phi) is 8.33. The van der Waals surface area contributed by atoms with E-state index in [1.807, 2.05) is 30.3 Å². The van der Waals surface area contributed by atoms with E-state index in [0.29, 0.717) is 36.3 Å². The number of aromatic nitrogens is 2. The summed E-state index contributed by atoms with van der Waals surface area (Å²) in [5, 5.41) is 15.4. The molecule has 1 aromatic heterocycles. The van der Waals surface area contributed by atoms with Crippen LogP contribution in [0, 0.1) is 0 Å². The number of amides is 2. The molecular weight excluding hydrogens is 410 g/mol. The highest BCUT2D eigenvalue weighted by Gasteiger charge is 2.10. The molecule has 9 heteroatoms. The minimum atomic E-state index is -0.374. The minimum Gasteiger partial charge on any atom is -0.497 e. The van der Waals surface area contributed by atoms with Crippen LogP contribution in [-0.4, -0.2) is 40.6 Å². The predicted octanol–water partition coefficient (Wildman–Crippen LogP) is 3.57. The number of ether oxygens (including phenoxy) is 1. The van der Waals surface area contributed by atoms with E-state index in [0.717, 1.165) is 36.1 Å². The highest BCUT2D eigenvalue weighted by molar-refractivity contribution is 6.00. The number of nitrogens with one attached hydrogen (secondary N) is 3. The van der Waals surface area contributed by atoms with E-state index < -0.39 is 0 Å². The Morgan fingerprint density at radius 1 is 1.00 bits per heavy atom. The molecule has 1 heterocycles. The monoisotopic (exact) mass is 437 g/mol. The van der Waals surface area contributed by atoms with Crippen LogP contribution in [-0.2, 0) is 4.79 Å². The molecule has 0 radical (unpaired) electrons. The molecule has 0 bridgehead atoms. The second kappa shape index (κ2) is 11.6. The number of anilines is 2. The summed E-state index contributed by atoms with van der Waals surface area (Å²) in [6.45, 7) is 0.553. The van der Waals surface area contributed by atoms with Gasteiger partial charge in [-0.05, 0) is 55.3 Å². The van der Waals surface area contributed by atoms with E-state index in [1.165, 1.54) is 6.33 Å². The van der Waals surface area contributed by atoms with Crippen LogP contribution in [0.25, 0.3) is 10.9 Å². The molecule has 2 aromatic carbocycles. The summed E-state index contributed by atoms with van der Waals surface area (Å²) in [4.78, 5) is 32.1. The molecule has 0 fully saturated rings. The molecule has 0 spiro atoms. The van der Waals surface area contributed by atoms with Crippen molar-refractivity contribution in [1.29, 1.82) is 0 Å². The van der Waals surface area contributed by atoms with E-state index in [4.69, 9.17) is 9.94 Å². The SMILES string of the molecule is COc1ccc(Nc2ncnc3cc(C(=O)NCCCCCCC(=O)NO)ccc23)cc1. The summed E-state index contributed by atoms with van der Waals surface area (Å²) >= 11 is 0. The Bertz CT molecular complexity index is 1060. The van der Waals surface area contributed by atoms with Crippen LogP contribution in [0.5, 0.6) is 5.75 Å². The molecule has 0 aliphatic heterocycles. The van der Waals surface area contributed by atoms with Gasteiger partial charge in [0.05, 0.1) is 12.6 Å². The molecule has 0 aliphatic rings. The van der Waals surface area contributed by atoms with Crippen molar-refractivity contribution < 1.29 is 19.5 Å². The van der Waals surface area contributed by atoms with Crippen LogP contribution in [0.1, 0.15) is 42.5 Å². The van der Waals surface area contributed by atoms with Gasteiger partial charge in [-0.3, -0.25) is 14.8 Å². The van der Waals surface area contributed by atoms with Gasteiger partial charge < -0.3 is 15.4 Å². The maximum Gasteiger partial charge on any atom is 0.251 e. The average molecular weight is 438 g/mol. The van der Waals surface area contributed by atoms with Crippen molar-refractivity contribution in [2.75, 3.05) is 19.0 Å². The summed E-state index contributed by atoms with van der Waals surface area (Å²) in [7, 11) is 1.62. The number of benzene rings is 2. The van der Waals surface area contributed by atoms with Gasteiger partial charge in [0.25, 0.3) is 5.91 Å². The third-order valence-corrected chi connectivity index (χ3v) is 4.99. The van der Waals surface area contributed by atoms with Gasteiger partial charge in [0, 0.05) is 29.6 Å². The topological polar surface area (TPSA) is 125 Å². The van der Waals surface area contributed by atoms with E-state index in [9.17, 15) is 9.59 Å². The highest BCUT2D eigenvalue weighted by Crippen LogP contribution is 2.25. The minimum absolute atomic E-state index is 0.158. The molecule has 32 heavy (non-hydrogen) atoms. The van der Waals surface area contributed by atoms with Crippen LogP contribution >= 0.6 is 0 Å². The zero-order valence-corrected chi connectivity index (χ0v) is 17.9. The lowest BCUT2D eigenvalue weighted by Gasteiger charge is -2.10. The number of fused-ring (bicyclic) bond motifs is 1. The van der Waals surface area contributed by atoms with Gasteiger partial charge in [0.1, 0.15) is 17.9 Å². The lowest BCUT2D eigenvalue weighted by Crippen LogP contribution is -2.24. The van der Waals surface area contributed by atoms with Crippen molar-refractivity contribution in [2.24, 2.45) is 0 Å². The lowest BCUT2D eigenvalue weighted by atomic mass is 10.1. The lowest BCUT2D eigenvalue weighted by molar-refractivity contribution is -0.129. The Morgan fingerprint density at radius 2 is 1.78 bits per heavy atom. The molecule has 3 aromatic rings. The second-order valence-electron chi connectivity index (χ2n) is 7.26. The number of carbonyl (C=O) groups excluding carboxylic acids is 2. The molecule has 0 unspecified atom stereocenters.